The number of fused-ring (bicyclic) bond motifs is 1. The van der Waals surface area contributed by atoms with E-state index in [1.165, 1.54) is 14.2 Å². The van der Waals surface area contributed by atoms with Gasteiger partial charge < -0.3 is 24.4 Å². The molecule has 0 atom stereocenters. The highest BCUT2D eigenvalue weighted by atomic mass is 35.5. The van der Waals surface area contributed by atoms with E-state index >= 15 is 0 Å². The molecular formula is C36H46Cl2N6O5. The fourth-order valence-corrected chi connectivity index (χ4v) is 6.12. The number of carbonyl (C=O) groups is 1. The van der Waals surface area contributed by atoms with Crippen LogP contribution in [0.4, 0.5) is 16.4 Å². The summed E-state index contributed by atoms with van der Waals surface area (Å²) in [5.41, 5.74) is 1.49. The first-order valence-corrected chi connectivity index (χ1v) is 17.2. The van der Waals surface area contributed by atoms with Crippen LogP contribution in [0.3, 0.4) is 0 Å². The number of rotatable bonds is 15. The summed E-state index contributed by atoms with van der Waals surface area (Å²) in [7, 11) is 2.96. The molecule has 4 rings (SSSR count). The van der Waals surface area contributed by atoms with E-state index in [1.54, 1.807) is 49.7 Å². The van der Waals surface area contributed by atoms with Gasteiger partial charge in [-0.25, -0.2) is 9.78 Å². The van der Waals surface area contributed by atoms with E-state index in [0.29, 0.717) is 52.7 Å². The first-order chi connectivity index (χ1) is 23.4. The van der Waals surface area contributed by atoms with Gasteiger partial charge in [0.2, 0.25) is 5.95 Å². The Balaban J connectivity index is 1.71. The number of pyridine rings is 1. The van der Waals surface area contributed by atoms with Gasteiger partial charge in [-0.15, -0.1) is 0 Å². The van der Waals surface area contributed by atoms with Gasteiger partial charge in [-0.2, -0.15) is 4.98 Å². The molecule has 0 unspecified atom stereocenters. The van der Waals surface area contributed by atoms with Crippen molar-refractivity contribution >= 4 is 52.0 Å². The topological polar surface area (TPSA) is 120 Å². The van der Waals surface area contributed by atoms with Gasteiger partial charge in [-0.1, -0.05) is 49.2 Å². The van der Waals surface area contributed by atoms with Gasteiger partial charge in [0.1, 0.15) is 22.7 Å². The molecule has 0 bridgehead atoms. The number of carbonyl (C=O) groups excluding carboxylic acids is 1. The van der Waals surface area contributed by atoms with Crippen molar-refractivity contribution in [2.24, 2.45) is 0 Å². The summed E-state index contributed by atoms with van der Waals surface area (Å²) in [6, 6.07) is 10.7. The van der Waals surface area contributed by atoms with Crippen LogP contribution in [0, 0.1) is 0 Å². The average molecular weight is 714 g/mol. The van der Waals surface area contributed by atoms with E-state index in [0.717, 1.165) is 38.0 Å². The zero-order valence-electron chi connectivity index (χ0n) is 29.3. The standard InChI is InChI=1S/C36H46Cl2N6O5/c1-8-43(9-2)17-11-10-16-39-34-40-22-24-20-26(29-30(37)27(47-6)21-28(48-7)31(29)38)33(45)44(32(24)42-34)18-15-23-13-12-14-25(19-23)41-35(46)49-36(3,4)5/h12-14,19-22H,8-11,15-18H2,1-7H3,(H,41,46)(H,39,40,42). The number of ether oxygens (including phenoxy) is 3. The molecule has 0 aliphatic heterocycles. The number of amides is 1. The average Bonchev–Trinajstić information content (AvgIpc) is 3.06. The normalized spacial score (nSPS) is 11.6. The van der Waals surface area contributed by atoms with Crippen LogP contribution >= 0.6 is 23.2 Å². The Kier molecular flexibility index (Phi) is 13.1. The number of hydrogen-bond acceptors (Lipinski definition) is 9. The third kappa shape index (κ3) is 9.77. The van der Waals surface area contributed by atoms with Crippen LogP contribution in [0.5, 0.6) is 11.5 Å². The third-order valence-electron chi connectivity index (χ3n) is 7.94. The maximum atomic E-state index is 14.4. The summed E-state index contributed by atoms with van der Waals surface area (Å²) in [6.07, 6.45) is 3.58. The Hall–Kier alpha value is -4.06. The van der Waals surface area contributed by atoms with Crippen LogP contribution in [-0.4, -0.2) is 71.5 Å². The smallest absolute Gasteiger partial charge is 0.412 e. The van der Waals surface area contributed by atoms with E-state index < -0.39 is 11.7 Å². The molecule has 0 spiro atoms. The number of hydrogen-bond donors (Lipinski definition) is 2. The van der Waals surface area contributed by atoms with Crippen LogP contribution in [-0.2, 0) is 17.7 Å². The van der Waals surface area contributed by atoms with E-state index in [9.17, 15) is 9.59 Å². The quantitative estimate of drug-likeness (QED) is 0.119. The highest BCUT2D eigenvalue weighted by Gasteiger charge is 2.23. The van der Waals surface area contributed by atoms with Crippen LogP contribution in [0.25, 0.3) is 22.2 Å². The van der Waals surface area contributed by atoms with E-state index in [4.69, 9.17) is 42.4 Å². The lowest BCUT2D eigenvalue weighted by Crippen LogP contribution is -2.27. The number of aromatic nitrogens is 3. The third-order valence-corrected chi connectivity index (χ3v) is 8.70. The molecule has 2 heterocycles. The Labute approximate surface area is 297 Å². The molecular weight excluding hydrogens is 667 g/mol. The van der Waals surface area contributed by atoms with Crippen molar-refractivity contribution in [1.82, 2.24) is 19.4 Å². The number of benzene rings is 2. The van der Waals surface area contributed by atoms with Gasteiger partial charge in [0.05, 0.1) is 29.8 Å². The summed E-state index contributed by atoms with van der Waals surface area (Å²) in [5, 5.41) is 7.08. The van der Waals surface area contributed by atoms with Gasteiger partial charge in [-0.05, 0) is 83.4 Å². The molecule has 4 aromatic rings. The highest BCUT2D eigenvalue weighted by Crippen LogP contribution is 2.45. The molecule has 2 N–H and O–H groups in total. The molecule has 0 saturated carbocycles. The first-order valence-electron chi connectivity index (χ1n) is 16.4. The molecule has 2 aromatic heterocycles. The number of halogens is 2. The maximum Gasteiger partial charge on any atom is 0.412 e. The predicted octanol–water partition coefficient (Wildman–Crippen LogP) is 7.91. The van der Waals surface area contributed by atoms with Crippen molar-refractivity contribution in [3.05, 3.63) is 68.6 Å². The largest absolute Gasteiger partial charge is 0.495 e. The summed E-state index contributed by atoms with van der Waals surface area (Å²) in [4.78, 5) is 38.5. The van der Waals surface area contributed by atoms with Crippen LogP contribution in [0.2, 0.25) is 10.0 Å². The molecule has 13 heteroatoms. The Morgan fingerprint density at radius 3 is 2.33 bits per heavy atom. The van der Waals surface area contributed by atoms with Crippen LogP contribution in [0.1, 0.15) is 53.0 Å². The fourth-order valence-electron chi connectivity index (χ4n) is 5.42. The van der Waals surface area contributed by atoms with E-state index in [-0.39, 0.29) is 27.7 Å². The first kappa shape index (κ1) is 37.8. The van der Waals surface area contributed by atoms with Gasteiger partial charge in [0.25, 0.3) is 5.56 Å². The molecule has 11 nitrogen and oxygen atoms in total. The second kappa shape index (κ2) is 17.0. The summed E-state index contributed by atoms with van der Waals surface area (Å²) in [6.45, 7) is 13.8. The van der Waals surface area contributed by atoms with Gasteiger partial charge >= 0.3 is 6.09 Å². The number of methoxy groups -OCH3 is 2. The van der Waals surface area contributed by atoms with Crippen LogP contribution < -0.4 is 25.7 Å². The molecule has 0 aliphatic carbocycles. The van der Waals surface area contributed by atoms with Gasteiger partial charge in [-0.3, -0.25) is 14.7 Å². The molecule has 2 aromatic carbocycles. The van der Waals surface area contributed by atoms with Gasteiger partial charge in [0.15, 0.2) is 0 Å². The van der Waals surface area contributed by atoms with Crippen molar-refractivity contribution in [3.8, 4) is 22.6 Å². The Bertz CT molecular complexity index is 1790. The van der Waals surface area contributed by atoms with Crippen molar-refractivity contribution in [3.63, 3.8) is 0 Å². The molecule has 264 valence electrons. The molecule has 0 fully saturated rings. The minimum Gasteiger partial charge on any atom is -0.495 e. The highest BCUT2D eigenvalue weighted by molar-refractivity contribution is 6.41. The minimum absolute atomic E-state index is 0.182. The number of nitrogens with zero attached hydrogens (tertiary/aromatic N) is 4. The van der Waals surface area contributed by atoms with Crippen molar-refractivity contribution in [2.45, 2.75) is 66.0 Å². The lowest BCUT2D eigenvalue weighted by atomic mass is 10.0. The Morgan fingerprint density at radius 2 is 1.69 bits per heavy atom. The van der Waals surface area contributed by atoms with Crippen molar-refractivity contribution in [1.29, 1.82) is 0 Å². The van der Waals surface area contributed by atoms with Crippen LogP contribution in [0.15, 0.2) is 47.4 Å². The zero-order valence-corrected chi connectivity index (χ0v) is 30.8. The zero-order chi connectivity index (χ0) is 35.7. The predicted molar refractivity (Wildman–Crippen MR) is 198 cm³/mol. The van der Waals surface area contributed by atoms with E-state index in [1.807, 2.05) is 18.2 Å². The minimum atomic E-state index is -0.631. The maximum absolute atomic E-state index is 14.4. The number of anilines is 2. The summed E-state index contributed by atoms with van der Waals surface area (Å²) >= 11 is 13.5. The van der Waals surface area contributed by atoms with Crippen molar-refractivity contribution < 1.29 is 19.0 Å². The number of aryl methyl sites for hydroxylation is 2. The fraction of sp³-hybridized carbons (Fsp3) is 0.444. The Morgan fingerprint density at radius 1 is 1.00 bits per heavy atom. The molecule has 0 saturated heterocycles. The van der Waals surface area contributed by atoms with Crippen molar-refractivity contribution in [2.75, 3.05) is 51.0 Å². The lowest BCUT2D eigenvalue weighted by molar-refractivity contribution is 0.0636. The molecule has 49 heavy (non-hydrogen) atoms. The molecule has 0 radical (unpaired) electrons. The lowest BCUT2D eigenvalue weighted by Gasteiger charge is -2.20. The molecule has 0 aliphatic rings. The SMILES string of the molecule is CCN(CC)CCCCNc1ncc2cc(-c3c(Cl)c(OC)cc(OC)c3Cl)c(=O)n(CCc3cccc(NC(=O)OC(C)(C)C)c3)c2n1. The van der Waals surface area contributed by atoms with Gasteiger partial charge in [0, 0.05) is 42.0 Å². The summed E-state index contributed by atoms with van der Waals surface area (Å²) < 4.78 is 18.0. The molecule has 1 amide bonds. The van der Waals surface area contributed by atoms with E-state index in [2.05, 4.69) is 34.4 Å². The second-order valence-electron chi connectivity index (χ2n) is 12.5. The monoisotopic (exact) mass is 712 g/mol. The summed E-state index contributed by atoms with van der Waals surface area (Å²) in [5.74, 6) is 1.06. The second-order valence-corrected chi connectivity index (χ2v) is 13.3. The number of nitrogens with one attached hydrogen (secondary N) is 2. The number of unbranched alkanes of at least 4 members (excludes halogenated alkanes) is 1.